The number of unbranched alkanes of at least 4 members (excludes halogenated alkanes) is 5. The van der Waals surface area contributed by atoms with Crippen molar-refractivity contribution in [1.82, 2.24) is 0 Å². The molecule has 130 valence electrons. The molecule has 2 heteroatoms. The summed E-state index contributed by atoms with van der Waals surface area (Å²) in [4.78, 5) is 0. The van der Waals surface area contributed by atoms with Gasteiger partial charge in [0.25, 0.3) is 0 Å². The van der Waals surface area contributed by atoms with E-state index in [-0.39, 0.29) is 0 Å². The summed E-state index contributed by atoms with van der Waals surface area (Å²) in [5, 5.41) is 0.320. The van der Waals surface area contributed by atoms with Gasteiger partial charge in [-0.15, -0.1) is 0 Å². The van der Waals surface area contributed by atoms with E-state index >= 15 is 0 Å². The van der Waals surface area contributed by atoms with Gasteiger partial charge in [0.1, 0.15) is 0 Å². The third-order valence-corrected chi connectivity index (χ3v) is 9.14. The van der Waals surface area contributed by atoms with Crippen LogP contribution in [0.15, 0.2) is 24.3 Å². The Kier molecular flexibility index (Phi) is 11.9. The number of allylic oxidation sites excluding steroid dienone is 3. The van der Waals surface area contributed by atoms with Crippen LogP contribution in [0.1, 0.15) is 79.1 Å². The van der Waals surface area contributed by atoms with E-state index in [1.807, 2.05) is 0 Å². The maximum absolute atomic E-state index is 6.16. The Morgan fingerprint density at radius 1 is 0.773 bits per heavy atom. The number of hydrogen-bond acceptors (Lipinski definition) is 1. The minimum absolute atomic E-state index is 0.320. The Hall–Kier alpha value is -0.343. The van der Waals surface area contributed by atoms with Crippen molar-refractivity contribution in [2.24, 2.45) is 0 Å². The fourth-order valence-corrected chi connectivity index (χ4v) is 3.00. The Morgan fingerprint density at radius 3 is 1.77 bits per heavy atom. The second-order valence-corrected chi connectivity index (χ2v) is 12.6. The molecule has 0 N–H and O–H groups in total. The van der Waals surface area contributed by atoms with Gasteiger partial charge in [-0.05, 0) is 56.7 Å². The van der Waals surface area contributed by atoms with Gasteiger partial charge in [0.2, 0.25) is 0 Å². The molecule has 0 atom stereocenters. The number of rotatable bonds is 12. The van der Waals surface area contributed by atoms with E-state index in [1.54, 1.807) is 0 Å². The molecule has 0 unspecified atom stereocenters. The van der Waals surface area contributed by atoms with E-state index < -0.39 is 8.32 Å². The van der Waals surface area contributed by atoms with Crippen LogP contribution in [0.2, 0.25) is 18.1 Å². The monoisotopic (exact) mass is 324 g/mol. The summed E-state index contributed by atoms with van der Waals surface area (Å²) in [7, 11) is -1.55. The molecule has 0 aliphatic rings. The normalized spacial score (nSPS) is 13.5. The van der Waals surface area contributed by atoms with E-state index in [2.05, 4.69) is 65.1 Å². The zero-order chi connectivity index (χ0) is 16.9. The Morgan fingerprint density at radius 2 is 1.27 bits per heavy atom. The predicted molar refractivity (Wildman–Crippen MR) is 104 cm³/mol. The van der Waals surface area contributed by atoms with Gasteiger partial charge in [-0.2, -0.15) is 0 Å². The van der Waals surface area contributed by atoms with Crippen molar-refractivity contribution in [3.8, 4) is 0 Å². The average molecular weight is 325 g/mol. The van der Waals surface area contributed by atoms with Crippen LogP contribution in [0, 0.1) is 0 Å². The molecular weight excluding hydrogens is 284 g/mol. The molecule has 0 fully saturated rings. The second-order valence-electron chi connectivity index (χ2n) is 7.77. The van der Waals surface area contributed by atoms with Crippen LogP contribution in [0.5, 0.6) is 0 Å². The molecule has 0 spiro atoms. The minimum atomic E-state index is -1.55. The summed E-state index contributed by atoms with van der Waals surface area (Å²) in [6.07, 6.45) is 19.3. The van der Waals surface area contributed by atoms with Crippen LogP contribution in [-0.4, -0.2) is 14.9 Å². The van der Waals surface area contributed by atoms with E-state index in [9.17, 15) is 0 Å². The summed E-state index contributed by atoms with van der Waals surface area (Å²) in [5.41, 5.74) is 0. The van der Waals surface area contributed by atoms with Gasteiger partial charge < -0.3 is 4.43 Å². The zero-order valence-electron chi connectivity index (χ0n) is 16.1. The highest BCUT2D eigenvalue weighted by Gasteiger charge is 2.36. The molecule has 0 aromatic rings. The molecule has 0 rings (SSSR count). The largest absolute Gasteiger partial charge is 0.417 e. The molecule has 0 aromatic heterocycles. The van der Waals surface area contributed by atoms with E-state index in [1.165, 1.54) is 44.9 Å². The Balaban J connectivity index is 3.53. The lowest BCUT2D eigenvalue weighted by Gasteiger charge is -2.36. The highest BCUT2D eigenvalue weighted by Crippen LogP contribution is 2.36. The Bertz CT molecular complexity index is 310. The van der Waals surface area contributed by atoms with Crippen molar-refractivity contribution in [2.75, 3.05) is 6.61 Å². The topological polar surface area (TPSA) is 9.23 Å². The van der Waals surface area contributed by atoms with E-state index in [4.69, 9.17) is 4.43 Å². The molecule has 0 aliphatic carbocycles. The lowest BCUT2D eigenvalue weighted by atomic mass is 10.1. The van der Waals surface area contributed by atoms with Gasteiger partial charge in [0.05, 0.1) is 0 Å². The first-order valence-corrected chi connectivity index (χ1v) is 12.2. The lowest BCUT2D eigenvalue weighted by molar-refractivity contribution is 0.294. The standard InChI is InChI=1S/C20H40OSi/c1-7-8-9-10-11-12-13-14-15-16-17-18-19-21-22(5,6)20(2,3)4/h11-12,16-17H,7-10,13-15,18-19H2,1-6H3/b12-11-,17-16+. The van der Waals surface area contributed by atoms with Gasteiger partial charge in [-0.25, -0.2) is 0 Å². The van der Waals surface area contributed by atoms with Crippen LogP contribution >= 0.6 is 0 Å². The van der Waals surface area contributed by atoms with Crippen molar-refractivity contribution in [3.63, 3.8) is 0 Å². The average Bonchev–Trinajstić information content (AvgIpc) is 2.42. The highest BCUT2D eigenvalue weighted by molar-refractivity contribution is 6.74. The first kappa shape index (κ1) is 21.7. The molecule has 0 saturated heterocycles. The molecular formula is C20H40OSi. The fourth-order valence-electron chi connectivity index (χ4n) is 1.94. The van der Waals surface area contributed by atoms with Crippen LogP contribution in [0.3, 0.4) is 0 Å². The predicted octanol–water partition coefficient (Wildman–Crippen LogP) is 7.26. The van der Waals surface area contributed by atoms with Crippen molar-refractivity contribution in [3.05, 3.63) is 24.3 Å². The first-order valence-electron chi connectivity index (χ1n) is 9.25. The molecule has 1 nitrogen and oxygen atoms in total. The summed E-state index contributed by atoms with van der Waals surface area (Å²) in [5.74, 6) is 0. The Labute approximate surface area is 141 Å². The number of hydrogen-bond donors (Lipinski definition) is 0. The third kappa shape index (κ3) is 11.3. The molecule has 0 aromatic carbocycles. The van der Waals surface area contributed by atoms with Crippen molar-refractivity contribution in [1.29, 1.82) is 0 Å². The fraction of sp³-hybridized carbons (Fsp3) is 0.800. The van der Waals surface area contributed by atoms with E-state index in [0.717, 1.165) is 13.0 Å². The van der Waals surface area contributed by atoms with Crippen molar-refractivity contribution in [2.45, 2.75) is 97.2 Å². The molecule has 0 radical (unpaired) electrons. The summed E-state index contributed by atoms with van der Waals surface area (Å²) >= 11 is 0. The van der Waals surface area contributed by atoms with Crippen LogP contribution < -0.4 is 0 Å². The van der Waals surface area contributed by atoms with Crippen LogP contribution in [-0.2, 0) is 4.43 Å². The highest BCUT2D eigenvalue weighted by atomic mass is 28.4. The quantitative estimate of drug-likeness (QED) is 0.208. The zero-order valence-corrected chi connectivity index (χ0v) is 17.1. The van der Waals surface area contributed by atoms with Gasteiger partial charge >= 0.3 is 0 Å². The maximum Gasteiger partial charge on any atom is 0.191 e. The van der Waals surface area contributed by atoms with Gasteiger partial charge in [0, 0.05) is 6.61 Å². The molecule has 0 heterocycles. The van der Waals surface area contributed by atoms with Gasteiger partial charge in [-0.3, -0.25) is 0 Å². The lowest BCUT2D eigenvalue weighted by Crippen LogP contribution is -2.40. The summed E-state index contributed by atoms with van der Waals surface area (Å²) in [6.45, 7) is 14.7. The second kappa shape index (κ2) is 12.1. The SMILES string of the molecule is CCCCC/C=C\CCC/C=C/CCO[Si](C)(C)C(C)(C)C. The van der Waals surface area contributed by atoms with Crippen LogP contribution in [0.4, 0.5) is 0 Å². The van der Waals surface area contributed by atoms with Gasteiger partial charge in [0.15, 0.2) is 8.32 Å². The maximum atomic E-state index is 6.16. The van der Waals surface area contributed by atoms with Crippen LogP contribution in [0.25, 0.3) is 0 Å². The first-order chi connectivity index (χ1) is 10.3. The summed E-state index contributed by atoms with van der Waals surface area (Å²) in [6, 6.07) is 0. The third-order valence-electron chi connectivity index (χ3n) is 4.60. The molecule has 0 bridgehead atoms. The molecule has 0 amide bonds. The summed E-state index contributed by atoms with van der Waals surface area (Å²) < 4.78 is 6.16. The molecule has 0 aliphatic heterocycles. The molecule has 22 heavy (non-hydrogen) atoms. The smallest absolute Gasteiger partial charge is 0.191 e. The minimum Gasteiger partial charge on any atom is -0.417 e. The van der Waals surface area contributed by atoms with Crippen molar-refractivity contribution < 1.29 is 4.43 Å². The molecule has 0 saturated carbocycles. The van der Waals surface area contributed by atoms with E-state index in [0.29, 0.717) is 5.04 Å². The van der Waals surface area contributed by atoms with Crippen molar-refractivity contribution >= 4 is 8.32 Å². The van der Waals surface area contributed by atoms with Gasteiger partial charge in [-0.1, -0.05) is 64.8 Å².